The number of benzene rings is 1. The van der Waals surface area contributed by atoms with Gasteiger partial charge in [0.05, 0.1) is 13.1 Å². The smallest absolute Gasteiger partial charge is 0.242 e. The number of nitrogens with zero attached hydrogens (tertiary/aromatic N) is 1. The molecule has 0 aliphatic carbocycles. The molecule has 0 bridgehead atoms. The number of likely N-dealkylation sites (N-methyl/N-ethyl adjacent to an activating group) is 1. The first-order valence-electron chi connectivity index (χ1n) is 5.92. The van der Waals surface area contributed by atoms with Gasteiger partial charge in [-0.3, -0.25) is 4.79 Å². The molecule has 1 amide bonds. The highest BCUT2D eigenvalue weighted by Crippen LogP contribution is 2.15. The SMILES string of the molecule is CN(Cc1ccc(Br)o1)C(=O)CNc1ccccc1. The van der Waals surface area contributed by atoms with Gasteiger partial charge in [-0.1, -0.05) is 18.2 Å². The number of rotatable bonds is 5. The maximum Gasteiger partial charge on any atom is 0.242 e. The van der Waals surface area contributed by atoms with E-state index in [0.29, 0.717) is 11.2 Å². The third kappa shape index (κ3) is 4.13. The first-order valence-corrected chi connectivity index (χ1v) is 6.71. The minimum Gasteiger partial charge on any atom is -0.452 e. The van der Waals surface area contributed by atoms with Gasteiger partial charge in [0.1, 0.15) is 5.76 Å². The minimum atomic E-state index is 0.0105. The van der Waals surface area contributed by atoms with Crippen molar-refractivity contribution in [2.24, 2.45) is 0 Å². The molecule has 1 N–H and O–H groups in total. The number of furan rings is 1. The zero-order valence-electron chi connectivity index (χ0n) is 10.6. The number of carbonyl (C=O) groups is 1. The Labute approximate surface area is 120 Å². The molecule has 0 saturated heterocycles. The molecule has 1 heterocycles. The van der Waals surface area contributed by atoms with Crippen molar-refractivity contribution < 1.29 is 9.21 Å². The van der Waals surface area contributed by atoms with E-state index in [1.54, 1.807) is 11.9 Å². The Bertz CT molecular complexity index is 539. The van der Waals surface area contributed by atoms with Crippen molar-refractivity contribution in [2.45, 2.75) is 6.54 Å². The molecule has 0 aliphatic rings. The second-order valence-corrected chi connectivity index (χ2v) is 4.96. The number of hydrogen-bond acceptors (Lipinski definition) is 3. The predicted molar refractivity (Wildman–Crippen MR) is 77.8 cm³/mol. The fraction of sp³-hybridized carbons (Fsp3) is 0.214. The Morgan fingerprint density at radius 1 is 1.26 bits per heavy atom. The molecular formula is C14H15BrN2O2. The van der Waals surface area contributed by atoms with Crippen molar-refractivity contribution in [3.8, 4) is 0 Å². The maximum atomic E-state index is 11.9. The average Bonchev–Trinajstić information content (AvgIpc) is 2.82. The highest BCUT2D eigenvalue weighted by atomic mass is 79.9. The second kappa shape index (κ2) is 6.43. The van der Waals surface area contributed by atoms with Gasteiger partial charge in [-0.2, -0.15) is 0 Å². The molecule has 4 nitrogen and oxygen atoms in total. The van der Waals surface area contributed by atoms with Gasteiger partial charge in [-0.15, -0.1) is 0 Å². The number of para-hydroxylation sites is 1. The lowest BCUT2D eigenvalue weighted by Gasteiger charge is -2.16. The van der Waals surface area contributed by atoms with Crippen LogP contribution in [-0.2, 0) is 11.3 Å². The van der Waals surface area contributed by atoms with Crippen LogP contribution in [0.5, 0.6) is 0 Å². The van der Waals surface area contributed by atoms with Crippen molar-refractivity contribution in [3.05, 3.63) is 52.9 Å². The zero-order chi connectivity index (χ0) is 13.7. The van der Waals surface area contributed by atoms with Crippen LogP contribution in [0.15, 0.2) is 51.6 Å². The van der Waals surface area contributed by atoms with Gasteiger partial charge in [0.2, 0.25) is 5.91 Å². The van der Waals surface area contributed by atoms with E-state index in [-0.39, 0.29) is 12.5 Å². The topological polar surface area (TPSA) is 45.5 Å². The lowest BCUT2D eigenvalue weighted by atomic mass is 10.3. The summed E-state index contributed by atoms with van der Waals surface area (Å²) < 4.78 is 6.04. The van der Waals surface area contributed by atoms with Gasteiger partial charge in [0, 0.05) is 12.7 Å². The first kappa shape index (κ1) is 13.7. The van der Waals surface area contributed by atoms with Crippen molar-refractivity contribution in [1.29, 1.82) is 0 Å². The molecule has 0 unspecified atom stereocenters. The van der Waals surface area contributed by atoms with Crippen LogP contribution in [0, 0.1) is 0 Å². The number of anilines is 1. The summed E-state index contributed by atoms with van der Waals surface area (Å²) in [5.74, 6) is 0.763. The summed E-state index contributed by atoms with van der Waals surface area (Å²) in [5, 5.41) is 3.09. The summed E-state index contributed by atoms with van der Waals surface area (Å²) in [7, 11) is 1.76. The summed E-state index contributed by atoms with van der Waals surface area (Å²) in [5.41, 5.74) is 0.935. The second-order valence-electron chi connectivity index (χ2n) is 4.18. The van der Waals surface area contributed by atoms with Crippen LogP contribution in [-0.4, -0.2) is 24.4 Å². The summed E-state index contributed by atoms with van der Waals surface area (Å²) in [6, 6.07) is 13.3. The largest absolute Gasteiger partial charge is 0.452 e. The number of amides is 1. The first-order chi connectivity index (χ1) is 9.15. The molecule has 0 atom stereocenters. The van der Waals surface area contributed by atoms with E-state index < -0.39 is 0 Å². The van der Waals surface area contributed by atoms with Crippen LogP contribution < -0.4 is 5.32 Å². The molecule has 19 heavy (non-hydrogen) atoms. The van der Waals surface area contributed by atoms with Crippen LogP contribution in [0.3, 0.4) is 0 Å². The van der Waals surface area contributed by atoms with E-state index in [1.165, 1.54) is 0 Å². The normalized spacial score (nSPS) is 10.2. The number of carbonyl (C=O) groups excluding carboxylic acids is 1. The van der Waals surface area contributed by atoms with Crippen LogP contribution in [0.1, 0.15) is 5.76 Å². The molecule has 0 saturated carbocycles. The van der Waals surface area contributed by atoms with Crippen LogP contribution in [0.2, 0.25) is 0 Å². The number of halogens is 1. The molecule has 0 spiro atoms. The Balaban J connectivity index is 1.82. The predicted octanol–water partition coefficient (Wildman–Crippen LogP) is 3.11. The zero-order valence-corrected chi connectivity index (χ0v) is 12.2. The highest BCUT2D eigenvalue weighted by molar-refractivity contribution is 9.10. The van der Waals surface area contributed by atoms with E-state index in [0.717, 1.165) is 11.4 Å². The third-order valence-electron chi connectivity index (χ3n) is 2.67. The summed E-state index contributed by atoms with van der Waals surface area (Å²) in [6.45, 7) is 0.725. The molecule has 2 rings (SSSR count). The molecule has 0 aliphatic heterocycles. The van der Waals surface area contributed by atoms with Crippen molar-refractivity contribution in [2.75, 3.05) is 18.9 Å². The molecule has 1 aromatic carbocycles. The van der Waals surface area contributed by atoms with Gasteiger partial charge < -0.3 is 14.6 Å². The summed E-state index contributed by atoms with van der Waals surface area (Å²) in [4.78, 5) is 13.6. The van der Waals surface area contributed by atoms with Crippen molar-refractivity contribution in [3.63, 3.8) is 0 Å². The van der Waals surface area contributed by atoms with E-state index in [2.05, 4.69) is 21.2 Å². The van der Waals surface area contributed by atoms with Gasteiger partial charge in [0.15, 0.2) is 4.67 Å². The fourth-order valence-corrected chi connectivity index (χ4v) is 1.97. The molecule has 0 radical (unpaired) electrons. The molecule has 100 valence electrons. The standard InChI is InChI=1S/C14H15BrN2O2/c1-17(10-12-7-8-13(15)19-12)14(18)9-16-11-5-3-2-4-6-11/h2-8,16H,9-10H2,1H3. The maximum absolute atomic E-state index is 11.9. The minimum absolute atomic E-state index is 0.0105. The van der Waals surface area contributed by atoms with Crippen LogP contribution >= 0.6 is 15.9 Å². The molecule has 1 aromatic heterocycles. The van der Waals surface area contributed by atoms with E-state index in [1.807, 2.05) is 42.5 Å². The number of nitrogens with one attached hydrogen (secondary N) is 1. The number of hydrogen-bond donors (Lipinski definition) is 1. The quantitative estimate of drug-likeness (QED) is 0.920. The van der Waals surface area contributed by atoms with Gasteiger partial charge in [-0.25, -0.2) is 0 Å². The Kier molecular flexibility index (Phi) is 4.63. The molecular weight excluding hydrogens is 308 g/mol. The summed E-state index contributed by atoms with van der Waals surface area (Å²) in [6.07, 6.45) is 0. The van der Waals surface area contributed by atoms with E-state index in [4.69, 9.17) is 4.42 Å². The van der Waals surface area contributed by atoms with Crippen LogP contribution in [0.25, 0.3) is 0 Å². The average molecular weight is 323 g/mol. The Morgan fingerprint density at radius 2 is 2.00 bits per heavy atom. The van der Waals surface area contributed by atoms with E-state index in [9.17, 15) is 4.79 Å². The van der Waals surface area contributed by atoms with Gasteiger partial charge in [0.25, 0.3) is 0 Å². The monoisotopic (exact) mass is 322 g/mol. The molecule has 0 fully saturated rings. The Morgan fingerprint density at radius 3 is 2.63 bits per heavy atom. The Hall–Kier alpha value is -1.75. The van der Waals surface area contributed by atoms with Gasteiger partial charge in [-0.05, 0) is 40.2 Å². The fourth-order valence-electron chi connectivity index (χ4n) is 1.63. The lowest BCUT2D eigenvalue weighted by Crippen LogP contribution is -2.31. The summed E-state index contributed by atoms with van der Waals surface area (Å²) >= 11 is 3.24. The molecule has 2 aromatic rings. The van der Waals surface area contributed by atoms with Crippen molar-refractivity contribution in [1.82, 2.24) is 4.90 Å². The van der Waals surface area contributed by atoms with Crippen molar-refractivity contribution >= 4 is 27.5 Å². The third-order valence-corrected chi connectivity index (χ3v) is 3.09. The molecule has 5 heteroatoms. The van der Waals surface area contributed by atoms with Crippen LogP contribution in [0.4, 0.5) is 5.69 Å². The highest BCUT2D eigenvalue weighted by Gasteiger charge is 2.10. The van der Waals surface area contributed by atoms with Gasteiger partial charge >= 0.3 is 0 Å². The van der Waals surface area contributed by atoms with E-state index >= 15 is 0 Å². The lowest BCUT2D eigenvalue weighted by molar-refractivity contribution is -0.128.